The van der Waals surface area contributed by atoms with Gasteiger partial charge in [-0.25, -0.2) is 5.26 Å². The summed E-state index contributed by atoms with van der Waals surface area (Å²) in [5.41, 5.74) is 2.19. The summed E-state index contributed by atoms with van der Waals surface area (Å²) >= 11 is 0. The first kappa shape index (κ1) is 23.4. The molecule has 6 nitrogen and oxygen atoms in total. The zero-order valence-corrected chi connectivity index (χ0v) is 17.7. The van der Waals surface area contributed by atoms with Crippen molar-refractivity contribution >= 4 is 25.3 Å². The molecule has 1 heterocycles. The van der Waals surface area contributed by atoms with Crippen LogP contribution in [0.2, 0.25) is 12.6 Å². The van der Waals surface area contributed by atoms with Crippen molar-refractivity contribution in [1.82, 2.24) is 10.2 Å². The van der Waals surface area contributed by atoms with Crippen molar-refractivity contribution in [3.8, 4) is 17.8 Å². The summed E-state index contributed by atoms with van der Waals surface area (Å²) in [4.78, 5) is 36.2. The van der Waals surface area contributed by atoms with Gasteiger partial charge < -0.3 is 0 Å². The Morgan fingerprint density at radius 2 is 2.10 bits per heavy atom. The number of carbonyl (C=O) groups is 3. The Morgan fingerprint density at radius 1 is 1.37 bits per heavy atom. The number of likely N-dealkylation sites (N-methyl/N-ethyl adjacent to an activating group) is 1. The zero-order valence-electron chi connectivity index (χ0n) is 17.7. The van der Waals surface area contributed by atoms with Crippen LogP contribution in [-0.4, -0.2) is 43.3 Å². The van der Waals surface area contributed by atoms with E-state index in [1.807, 2.05) is 31.0 Å². The Labute approximate surface area is 179 Å². The molecule has 1 aliphatic rings. The van der Waals surface area contributed by atoms with Gasteiger partial charge in [-0.3, -0.25) is 24.6 Å². The maximum atomic E-state index is 12.2. The highest BCUT2D eigenvalue weighted by atomic mass is 16.2. The first-order chi connectivity index (χ1) is 14.5. The van der Waals surface area contributed by atoms with E-state index < -0.39 is 6.04 Å². The summed E-state index contributed by atoms with van der Waals surface area (Å²) < 4.78 is 0. The molecule has 0 spiro atoms. The number of nitrogens with zero attached hydrogens (tertiary/aromatic N) is 2. The predicted octanol–water partition coefficient (Wildman–Crippen LogP) is 2.69. The molecule has 2 rings (SSSR count). The number of amides is 2. The number of hydrogen-bond donors (Lipinski definition) is 1. The molecular weight excluding hydrogens is 377 g/mol. The summed E-state index contributed by atoms with van der Waals surface area (Å²) in [7, 11) is 1.81. The second-order valence-electron chi connectivity index (χ2n) is 7.82. The van der Waals surface area contributed by atoms with Crippen LogP contribution in [0.4, 0.5) is 0 Å². The van der Waals surface area contributed by atoms with Crippen molar-refractivity contribution in [1.29, 1.82) is 5.26 Å². The lowest BCUT2D eigenvalue weighted by atomic mass is 9.42. The first-order valence-corrected chi connectivity index (χ1v) is 10.5. The number of benzene rings is 1. The van der Waals surface area contributed by atoms with Gasteiger partial charge in [0.15, 0.2) is 0 Å². The van der Waals surface area contributed by atoms with E-state index in [4.69, 9.17) is 5.26 Å². The van der Waals surface area contributed by atoms with E-state index in [2.05, 4.69) is 23.1 Å². The molecule has 1 aromatic carbocycles. The van der Waals surface area contributed by atoms with E-state index in [0.29, 0.717) is 30.9 Å². The van der Waals surface area contributed by atoms with Crippen LogP contribution in [0.1, 0.15) is 54.1 Å². The molecule has 1 fully saturated rings. The Morgan fingerprint density at radius 3 is 2.70 bits per heavy atom. The van der Waals surface area contributed by atoms with Crippen molar-refractivity contribution in [3.63, 3.8) is 0 Å². The van der Waals surface area contributed by atoms with Gasteiger partial charge >= 0.3 is 0 Å². The average Bonchev–Trinajstić information content (AvgIpc) is 2.76. The molecule has 0 aromatic heterocycles. The first-order valence-electron chi connectivity index (χ1n) is 10.5. The Kier molecular flexibility index (Phi) is 9.32. The molecule has 2 amide bonds. The fourth-order valence-corrected chi connectivity index (χ4v) is 3.85. The lowest BCUT2D eigenvalue weighted by molar-refractivity contribution is -0.129. The van der Waals surface area contributed by atoms with Crippen LogP contribution in [0.3, 0.4) is 0 Å². The third-order valence-electron chi connectivity index (χ3n) is 5.62. The van der Waals surface area contributed by atoms with Crippen LogP contribution in [0.15, 0.2) is 18.2 Å². The molecule has 1 aromatic rings. The van der Waals surface area contributed by atoms with Crippen molar-refractivity contribution in [3.05, 3.63) is 34.9 Å². The van der Waals surface area contributed by atoms with E-state index in [9.17, 15) is 14.4 Å². The zero-order chi connectivity index (χ0) is 21.9. The smallest absolute Gasteiger partial charge is 0.267 e. The molecule has 0 aliphatic carbocycles. The van der Waals surface area contributed by atoms with Crippen molar-refractivity contribution in [2.24, 2.45) is 5.92 Å². The summed E-state index contributed by atoms with van der Waals surface area (Å²) in [6.45, 7) is 2.53. The van der Waals surface area contributed by atoms with Gasteiger partial charge in [-0.2, -0.15) is 0 Å². The minimum absolute atomic E-state index is 0.157. The molecule has 30 heavy (non-hydrogen) atoms. The van der Waals surface area contributed by atoms with Gasteiger partial charge in [0.1, 0.15) is 6.29 Å². The number of imide groups is 1. The molecule has 1 saturated heterocycles. The monoisotopic (exact) mass is 405 g/mol. The van der Waals surface area contributed by atoms with Crippen LogP contribution in [-0.2, 0) is 16.1 Å². The SMILES string of the molecule is CCCC(C(=O)NC=O)N(C)Cc1cc(C#CC2CCB(C#N)CC2)ccc1C=O. The fraction of sp³-hybridized carbons (Fsp3) is 0.478. The topological polar surface area (TPSA) is 90.3 Å². The van der Waals surface area contributed by atoms with Crippen molar-refractivity contribution in [2.75, 3.05) is 7.05 Å². The third kappa shape index (κ3) is 6.57. The molecule has 0 radical (unpaired) electrons. The fourth-order valence-electron chi connectivity index (χ4n) is 3.85. The number of hydrogen-bond acceptors (Lipinski definition) is 5. The molecule has 1 N–H and O–H groups in total. The van der Waals surface area contributed by atoms with E-state index in [-0.39, 0.29) is 12.6 Å². The van der Waals surface area contributed by atoms with Gasteiger partial charge in [0.05, 0.1) is 6.04 Å². The van der Waals surface area contributed by atoms with Crippen LogP contribution >= 0.6 is 0 Å². The largest absolute Gasteiger partial charge is 0.298 e. The number of rotatable bonds is 8. The number of carbonyl (C=O) groups excluding carboxylic acids is 3. The van der Waals surface area contributed by atoms with E-state index >= 15 is 0 Å². The number of nitrogens with one attached hydrogen (secondary N) is 1. The van der Waals surface area contributed by atoms with Gasteiger partial charge in [-0.15, -0.1) is 0 Å². The van der Waals surface area contributed by atoms with Gasteiger partial charge in [0.25, 0.3) is 6.71 Å². The Balaban J connectivity index is 2.15. The van der Waals surface area contributed by atoms with Crippen LogP contribution < -0.4 is 5.32 Å². The second-order valence-corrected chi connectivity index (χ2v) is 7.82. The van der Waals surface area contributed by atoms with Crippen LogP contribution in [0, 0.1) is 29.0 Å². The van der Waals surface area contributed by atoms with Crippen molar-refractivity contribution < 1.29 is 14.4 Å². The normalized spacial score (nSPS) is 14.9. The molecule has 1 unspecified atom stereocenters. The highest BCUT2D eigenvalue weighted by Crippen LogP contribution is 2.24. The van der Waals surface area contributed by atoms with Gasteiger partial charge in [0.2, 0.25) is 12.3 Å². The van der Waals surface area contributed by atoms with Gasteiger partial charge in [-0.05, 0) is 44.0 Å². The summed E-state index contributed by atoms with van der Waals surface area (Å²) in [6, 6.07) is 5.04. The predicted molar refractivity (Wildman–Crippen MR) is 117 cm³/mol. The highest BCUT2D eigenvalue weighted by molar-refractivity contribution is 6.67. The maximum absolute atomic E-state index is 12.2. The summed E-state index contributed by atoms with van der Waals surface area (Å²) in [6.07, 6.45) is 6.30. The van der Waals surface area contributed by atoms with Gasteiger partial charge in [0, 0.05) is 29.6 Å². The third-order valence-corrected chi connectivity index (χ3v) is 5.62. The van der Waals surface area contributed by atoms with Crippen molar-refractivity contribution in [2.45, 2.75) is 57.8 Å². The minimum atomic E-state index is -0.454. The Hall–Kier alpha value is -2.90. The van der Waals surface area contributed by atoms with Gasteiger partial charge in [-0.1, -0.05) is 43.9 Å². The Bertz CT molecular complexity index is 861. The number of aldehydes is 1. The van der Waals surface area contributed by atoms with Crippen LogP contribution in [0.25, 0.3) is 0 Å². The molecule has 7 heteroatoms. The average molecular weight is 405 g/mol. The lowest BCUT2D eigenvalue weighted by Gasteiger charge is -2.26. The minimum Gasteiger partial charge on any atom is -0.298 e. The summed E-state index contributed by atoms with van der Waals surface area (Å²) in [5, 5.41) is 11.2. The quantitative estimate of drug-likeness (QED) is 0.408. The van der Waals surface area contributed by atoms with E-state index in [0.717, 1.165) is 49.3 Å². The van der Waals surface area contributed by atoms with E-state index in [1.165, 1.54) is 0 Å². The molecule has 0 bridgehead atoms. The molecular formula is C23H28BN3O3. The van der Waals surface area contributed by atoms with Crippen LogP contribution in [0.5, 0.6) is 0 Å². The maximum Gasteiger partial charge on any atom is 0.267 e. The molecule has 0 saturated carbocycles. The molecule has 1 atom stereocenters. The van der Waals surface area contributed by atoms with E-state index in [1.54, 1.807) is 6.07 Å². The standard InChI is InChI=1S/C23H28BN3O3/c1-3-4-22(23(30)26-17-29)27(2)14-21-13-19(7-8-20(21)15-28)6-5-18-9-11-24(16-25)12-10-18/h7-8,13,15,17-18,22H,3-4,9-12,14H2,1-2H3,(H,26,29,30). The summed E-state index contributed by atoms with van der Waals surface area (Å²) in [5.74, 6) is 8.82. The number of nitriles is 1. The lowest BCUT2D eigenvalue weighted by Crippen LogP contribution is -2.44. The molecule has 1 aliphatic heterocycles. The second kappa shape index (κ2) is 12.0. The highest BCUT2D eigenvalue weighted by Gasteiger charge is 2.24. The molecule has 156 valence electrons.